The maximum absolute atomic E-state index is 13.1. The molecule has 0 spiro atoms. The largest absolute Gasteiger partial charge is 0.478 e. The van der Waals surface area contributed by atoms with Gasteiger partial charge in [0.1, 0.15) is 5.82 Å². The van der Waals surface area contributed by atoms with Crippen molar-refractivity contribution in [3.63, 3.8) is 0 Å². The second kappa shape index (κ2) is 3.24. The highest BCUT2D eigenvalue weighted by Gasteiger charge is 2.14. The third kappa shape index (κ3) is 1.47. The van der Waals surface area contributed by atoms with Crippen molar-refractivity contribution in [2.75, 3.05) is 0 Å². The SMILES string of the molecule is Cn1cc(C(=O)O)c2cc(Cl)c(F)cc21. The first kappa shape index (κ1) is 9.98. The van der Waals surface area contributed by atoms with Crippen LogP contribution in [0.15, 0.2) is 18.3 Å². The third-order valence-corrected chi connectivity index (χ3v) is 2.55. The van der Waals surface area contributed by atoms with E-state index in [0.717, 1.165) is 0 Å². The van der Waals surface area contributed by atoms with Gasteiger partial charge in [-0.05, 0) is 12.1 Å². The van der Waals surface area contributed by atoms with Crippen LogP contribution in [0.4, 0.5) is 4.39 Å². The van der Waals surface area contributed by atoms with Crippen molar-refractivity contribution >= 4 is 28.5 Å². The molecule has 0 bridgehead atoms. The van der Waals surface area contributed by atoms with E-state index in [-0.39, 0.29) is 10.6 Å². The van der Waals surface area contributed by atoms with Gasteiger partial charge in [-0.3, -0.25) is 0 Å². The number of hydrogen-bond acceptors (Lipinski definition) is 1. The van der Waals surface area contributed by atoms with Gasteiger partial charge in [0.2, 0.25) is 0 Å². The van der Waals surface area contributed by atoms with E-state index in [1.165, 1.54) is 18.3 Å². The molecule has 2 rings (SSSR count). The predicted molar refractivity (Wildman–Crippen MR) is 54.8 cm³/mol. The molecule has 1 N–H and O–H groups in total. The lowest BCUT2D eigenvalue weighted by atomic mass is 10.2. The smallest absolute Gasteiger partial charge is 0.337 e. The number of aryl methyl sites for hydroxylation is 1. The van der Waals surface area contributed by atoms with Gasteiger partial charge in [0.25, 0.3) is 0 Å². The Kier molecular flexibility index (Phi) is 2.16. The molecule has 15 heavy (non-hydrogen) atoms. The summed E-state index contributed by atoms with van der Waals surface area (Å²) in [6.07, 6.45) is 1.43. The third-order valence-electron chi connectivity index (χ3n) is 2.26. The zero-order chi connectivity index (χ0) is 11.2. The Bertz CT molecular complexity index is 562. The lowest BCUT2D eigenvalue weighted by molar-refractivity contribution is 0.0699. The summed E-state index contributed by atoms with van der Waals surface area (Å²) in [5, 5.41) is 9.27. The monoisotopic (exact) mass is 227 g/mol. The van der Waals surface area contributed by atoms with Crippen LogP contribution in [0.5, 0.6) is 0 Å². The Balaban J connectivity index is 2.88. The molecule has 0 atom stereocenters. The summed E-state index contributed by atoms with van der Waals surface area (Å²) < 4.78 is 14.7. The number of fused-ring (bicyclic) bond motifs is 1. The maximum Gasteiger partial charge on any atom is 0.337 e. The second-order valence-corrected chi connectivity index (χ2v) is 3.65. The molecule has 0 aliphatic heterocycles. The summed E-state index contributed by atoms with van der Waals surface area (Å²) >= 11 is 5.60. The number of benzene rings is 1. The van der Waals surface area contributed by atoms with Gasteiger partial charge < -0.3 is 9.67 Å². The minimum Gasteiger partial charge on any atom is -0.478 e. The quantitative estimate of drug-likeness (QED) is 0.814. The van der Waals surface area contributed by atoms with Gasteiger partial charge in [-0.15, -0.1) is 0 Å². The van der Waals surface area contributed by atoms with Gasteiger partial charge >= 0.3 is 5.97 Å². The standard InChI is InChI=1S/C10H7ClFNO2/c1-13-4-6(10(14)15)5-2-7(11)8(12)3-9(5)13/h2-4H,1H3,(H,14,15). The molecule has 0 saturated heterocycles. The summed E-state index contributed by atoms with van der Waals surface area (Å²) in [6.45, 7) is 0. The van der Waals surface area contributed by atoms with Crippen molar-refractivity contribution in [3.05, 3.63) is 34.7 Å². The minimum absolute atomic E-state index is 0.0730. The van der Waals surface area contributed by atoms with E-state index >= 15 is 0 Å². The number of rotatable bonds is 1. The number of carboxylic acid groups (broad SMARTS) is 1. The van der Waals surface area contributed by atoms with Crippen LogP contribution in [0, 0.1) is 5.82 Å². The van der Waals surface area contributed by atoms with Crippen LogP contribution < -0.4 is 0 Å². The Hall–Kier alpha value is -1.55. The molecule has 2 aromatic rings. The summed E-state index contributed by atoms with van der Waals surface area (Å²) in [4.78, 5) is 10.9. The normalized spacial score (nSPS) is 10.9. The molecule has 3 nitrogen and oxygen atoms in total. The van der Waals surface area contributed by atoms with Crippen LogP contribution in [0.3, 0.4) is 0 Å². The van der Waals surface area contributed by atoms with Gasteiger partial charge in [0, 0.05) is 18.6 Å². The van der Waals surface area contributed by atoms with E-state index in [1.54, 1.807) is 11.6 Å². The van der Waals surface area contributed by atoms with Gasteiger partial charge in [0.05, 0.1) is 16.1 Å². The molecule has 1 heterocycles. The first-order valence-electron chi connectivity index (χ1n) is 4.18. The van der Waals surface area contributed by atoms with Crippen LogP contribution in [0.1, 0.15) is 10.4 Å². The first-order chi connectivity index (χ1) is 7.00. The van der Waals surface area contributed by atoms with Crippen LogP contribution >= 0.6 is 11.6 Å². The number of carboxylic acids is 1. The number of halogens is 2. The van der Waals surface area contributed by atoms with Crippen LogP contribution in [-0.2, 0) is 7.05 Å². The molecule has 0 radical (unpaired) electrons. The Labute approximate surface area is 89.7 Å². The summed E-state index contributed by atoms with van der Waals surface area (Å²) in [7, 11) is 1.65. The van der Waals surface area contributed by atoms with Crippen LogP contribution in [0.2, 0.25) is 5.02 Å². The van der Waals surface area contributed by atoms with Crippen molar-refractivity contribution in [3.8, 4) is 0 Å². The number of aromatic nitrogens is 1. The molecule has 0 aliphatic carbocycles. The maximum atomic E-state index is 13.1. The first-order valence-corrected chi connectivity index (χ1v) is 4.56. The predicted octanol–water partition coefficient (Wildman–Crippen LogP) is 2.67. The van der Waals surface area contributed by atoms with Crippen molar-refractivity contribution < 1.29 is 14.3 Å². The van der Waals surface area contributed by atoms with Crippen molar-refractivity contribution in [2.45, 2.75) is 0 Å². The van der Waals surface area contributed by atoms with Crippen molar-refractivity contribution in [1.29, 1.82) is 0 Å². The molecule has 0 fully saturated rings. The fraction of sp³-hybridized carbons (Fsp3) is 0.100. The lowest BCUT2D eigenvalue weighted by Crippen LogP contribution is -1.93. The Morgan fingerprint density at radius 1 is 1.53 bits per heavy atom. The van der Waals surface area contributed by atoms with Gasteiger partial charge in [-0.25, -0.2) is 9.18 Å². The highest BCUT2D eigenvalue weighted by Crippen LogP contribution is 2.26. The van der Waals surface area contributed by atoms with Gasteiger partial charge in [-0.1, -0.05) is 11.6 Å². The average molecular weight is 228 g/mol. The highest BCUT2D eigenvalue weighted by molar-refractivity contribution is 6.31. The molecule has 0 amide bonds. The van der Waals surface area contributed by atoms with Crippen molar-refractivity contribution in [1.82, 2.24) is 4.57 Å². The van der Waals surface area contributed by atoms with E-state index < -0.39 is 11.8 Å². The fourth-order valence-electron chi connectivity index (χ4n) is 1.55. The summed E-state index contributed by atoms with van der Waals surface area (Å²) in [5.74, 6) is -1.61. The molecular formula is C10H7ClFNO2. The zero-order valence-electron chi connectivity index (χ0n) is 7.79. The number of hydrogen-bond donors (Lipinski definition) is 1. The molecule has 1 aromatic heterocycles. The molecule has 1 aromatic carbocycles. The van der Waals surface area contributed by atoms with E-state index in [0.29, 0.717) is 10.9 Å². The fourth-order valence-corrected chi connectivity index (χ4v) is 1.71. The van der Waals surface area contributed by atoms with Gasteiger partial charge in [-0.2, -0.15) is 0 Å². The minimum atomic E-state index is -1.05. The molecule has 78 valence electrons. The van der Waals surface area contributed by atoms with E-state index in [4.69, 9.17) is 16.7 Å². The second-order valence-electron chi connectivity index (χ2n) is 3.24. The number of carbonyl (C=O) groups is 1. The van der Waals surface area contributed by atoms with Crippen LogP contribution in [-0.4, -0.2) is 15.6 Å². The van der Waals surface area contributed by atoms with Crippen molar-refractivity contribution in [2.24, 2.45) is 7.05 Å². The Morgan fingerprint density at radius 3 is 2.80 bits per heavy atom. The highest BCUT2D eigenvalue weighted by atomic mass is 35.5. The van der Waals surface area contributed by atoms with E-state index in [1.807, 2.05) is 0 Å². The van der Waals surface area contributed by atoms with E-state index in [2.05, 4.69) is 0 Å². The van der Waals surface area contributed by atoms with Crippen LogP contribution in [0.25, 0.3) is 10.9 Å². The Morgan fingerprint density at radius 2 is 2.20 bits per heavy atom. The molecule has 5 heteroatoms. The summed E-state index contributed by atoms with van der Waals surface area (Å²) in [6, 6.07) is 2.56. The molecule has 0 saturated carbocycles. The molecular weight excluding hydrogens is 221 g/mol. The number of aromatic carboxylic acids is 1. The zero-order valence-corrected chi connectivity index (χ0v) is 8.55. The van der Waals surface area contributed by atoms with Gasteiger partial charge in [0.15, 0.2) is 0 Å². The van der Waals surface area contributed by atoms with E-state index in [9.17, 15) is 9.18 Å². The average Bonchev–Trinajstić information content (AvgIpc) is 2.45. The number of nitrogens with zero attached hydrogens (tertiary/aromatic N) is 1. The molecule has 0 unspecified atom stereocenters. The topological polar surface area (TPSA) is 42.2 Å². The molecule has 0 aliphatic rings. The lowest BCUT2D eigenvalue weighted by Gasteiger charge is -1.98. The summed E-state index contributed by atoms with van der Waals surface area (Å²) in [5.41, 5.74) is 0.628.